The van der Waals surface area contributed by atoms with E-state index in [9.17, 15) is 9.59 Å². The minimum absolute atomic E-state index is 0.156. The number of hydrogen-bond acceptors (Lipinski definition) is 6. The molecular weight excluding hydrogens is 378 g/mol. The second-order valence-electron chi connectivity index (χ2n) is 6.97. The van der Waals surface area contributed by atoms with Crippen LogP contribution in [0.3, 0.4) is 0 Å². The molecule has 1 aromatic carbocycles. The smallest absolute Gasteiger partial charge is 0.341 e. The minimum Gasteiger partial charge on any atom is -0.462 e. The molecule has 1 N–H and O–H groups in total. The van der Waals surface area contributed by atoms with Crippen LogP contribution in [0.4, 0.5) is 5.00 Å². The molecule has 0 unspecified atom stereocenters. The van der Waals surface area contributed by atoms with Crippen LogP contribution in [0, 0.1) is 5.92 Å². The lowest BCUT2D eigenvalue weighted by Gasteiger charge is -2.20. The lowest BCUT2D eigenvalue weighted by atomic mass is 9.85. The highest BCUT2D eigenvalue weighted by Gasteiger charge is 2.30. The minimum atomic E-state index is -0.365. The van der Waals surface area contributed by atoms with Gasteiger partial charge in [0.1, 0.15) is 5.00 Å². The highest BCUT2D eigenvalue weighted by molar-refractivity contribution is 7.17. The molecule has 0 spiro atoms. The summed E-state index contributed by atoms with van der Waals surface area (Å²) in [4.78, 5) is 26.6. The van der Waals surface area contributed by atoms with Gasteiger partial charge in [0.05, 0.1) is 12.2 Å². The molecule has 0 bridgehead atoms. The van der Waals surface area contributed by atoms with E-state index >= 15 is 0 Å². The Morgan fingerprint density at radius 2 is 2.07 bits per heavy atom. The zero-order chi connectivity index (χ0) is 19.7. The molecule has 0 saturated carbocycles. The van der Waals surface area contributed by atoms with Crippen LogP contribution in [-0.4, -0.2) is 25.3 Å². The predicted molar refractivity (Wildman–Crippen MR) is 107 cm³/mol. The van der Waals surface area contributed by atoms with Crippen molar-refractivity contribution < 1.29 is 23.8 Å². The Balaban J connectivity index is 1.64. The van der Waals surface area contributed by atoms with E-state index in [0.29, 0.717) is 40.2 Å². The van der Waals surface area contributed by atoms with E-state index in [0.717, 1.165) is 31.2 Å². The third-order valence-corrected chi connectivity index (χ3v) is 6.46. The van der Waals surface area contributed by atoms with Crippen LogP contribution in [0.2, 0.25) is 0 Å². The summed E-state index contributed by atoms with van der Waals surface area (Å²) in [5.41, 5.74) is 2.01. The van der Waals surface area contributed by atoms with Crippen LogP contribution < -0.4 is 14.8 Å². The molecule has 4 rings (SSSR count). The fraction of sp³-hybridized carbons (Fsp3) is 0.429. The number of fused-ring (bicyclic) bond motifs is 2. The summed E-state index contributed by atoms with van der Waals surface area (Å²) in [7, 11) is 0. The van der Waals surface area contributed by atoms with E-state index in [2.05, 4.69) is 12.2 Å². The fourth-order valence-electron chi connectivity index (χ4n) is 3.72. The number of thiophene rings is 1. The fourth-order valence-corrected chi connectivity index (χ4v) is 5.07. The quantitative estimate of drug-likeness (QED) is 0.751. The molecule has 1 atom stereocenters. The molecule has 2 aromatic rings. The number of esters is 1. The van der Waals surface area contributed by atoms with Gasteiger partial charge in [0, 0.05) is 10.4 Å². The van der Waals surface area contributed by atoms with Crippen molar-refractivity contribution in [1.29, 1.82) is 0 Å². The summed E-state index contributed by atoms with van der Waals surface area (Å²) >= 11 is 1.49. The SMILES string of the molecule is CCOC(=O)c1c(NC(=O)c2ccc3c(c2)OCO3)sc2c1CC[C@@H](CC)C2. The van der Waals surface area contributed by atoms with E-state index in [1.54, 1.807) is 25.1 Å². The molecule has 0 radical (unpaired) electrons. The van der Waals surface area contributed by atoms with Crippen LogP contribution in [-0.2, 0) is 17.6 Å². The Bertz CT molecular complexity index is 920. The summed E-state index contributed by atoms with van der Waals surface area (Å²) in [6, 6.07) is 5.06. The van der Waals surface area contributed by atoms with Gasteiger partial charge in [0.2, 0.25) is 6.79 Å². The number of nitrogens with one attached hydrogen (secondary N) is 1. The first-order valence-electron chi connectivity index (χ1n) is 9.63. The van der Waals surface area contributed by atoms with Crippen molar-refractivity contribution in [2.24, 2.45) is 5.92 Å². The molecule has 2 heterocycles. The summed E-state index contributed by atoms with van der Waals surface area (Å²) in [6.07, 6.45) is 3.97. The van der Waals surface area contributed by atoms with Crippen molar-refractivity contribution in [3.63, 3.8) is 0 Å². The summed E-state index contributed by atoms with van der Waals surface area (Å²) in [5, 5.41) is 3.50. The van der Waals surface area contributed by atoms with Crippen LogP contribution >= 0.6 is 11.3 Å². The van der Waals surface area contributed by atoms with Gasteiger partial charge in [-0.05, 0) is 55.9 Å². The Morgan fingerprint density at radius 1 is 1.25 bits per heavy atom. The van der Waals surface area contributed by atoms with Gasteiger partial charge >= 0.3 is 5.97 Å². The number of ether oxygens (including phenoxy) is 3. The number of anilines is 1. The van der Waals surface area contributed by atoms with Gasteiger partial charge in [-0.3, -0.25) is 4.79 Å². The van der Waals surface area contributed by atoms with Crippen molar-refractivity contribution in [3.05, 3.63) is 39.8 Å². The second kappa shape index (κ2) is 7.83. The van der Waals surface area contributed by atoms with Gasteiger partial charge in [-0.25, -0.2) is 4.79 Å². The van der Waals surface area contributed by atoms with Gasteiger partial charge in [-0.1, -0.05) is 13.3 Å². The van der Waals surface area contributed by atoms with Crippen molar-refractivity contribution in [3.8, 4) is 11.5 Å². The Morgan fingerprint density at radius 3 is 2.86 bits per heavy atom. The highest BCUT2D eigenvalue weighted by atomic mass is 32.1. The van der Waals surface area contributed by atoms with Gasteiger partial charge in [-0.2, -0.15) is 0 Å². The van der Waals surface area contributed by atoms with Crippen LogP contribution in [0.1, 0.15) is 57.8 Å². The molecule has 0 fully saturated rings. The molecule has 6 nitrogen and oxygen atoms in total. The number of hydrogen-bond donors (Lipinski definition) is 1. The monoisotopic (exact) mass is 401 g/mol. The topological polar surface area (TPSA) is 73.9 Å². The molecule has 28 heavy (non-hydrogen) atoms. The number of carbonyl (C=O) groups is 2. The molecule has 1 aromatic heterocycles. The van der Waals surface area contributed by atoms with Crippen molar-refractivity contribution in [1.82, 2.24) is 0 Å². The maximum absolute atomic E-state index is 12.8. The van der Waals surface area contributed by atoms with Gasteiger partial charge in [-0.15, -0.1) is 11.3 Å². The van der Waals surface area contributed by atoms with E-state index in [-0.39, 0.29) is 18.7 Å². The first-order chi connectivity index (χ1) is 13.6. The number of benzene rings is 1. The highest BCUT2D eigenvalue weighted by Crippen LogP contribution is 2.41. The lowest BCUT2D eigenvalue weighted by molar-refractivity contribution is 0.0526. The largest absolute Gasteiger partial charge is 0.462 e. The Kier molecular flexibility index (Phi) is 5.26. The van der Waals surface area contributed by atoms with Crippen molar-refractivity contribution in [2.45, 2.75) is 39.5 Å². The average Bonchev–Trinajstić information content (AvgIpc) is 3.30. The van der Waals surface area contributed by atoms with E-state index < -0.39 is 0 Å². The van der Waals surface area contributed by atoms with Crippen molar-refractivity contribution >= 4 is 28.2 Å². The first kappa shape index (κ1) is 18.8. The predicted octanol–water partition coefficient (Wildman–Crippen LogP) is 4.42. The molecule has 1 amide bonds. The third-order valence-electron chi connectivity index (χ3n) is 5.29. The third kappa shape index (κ3) is 3.46. The van der Waals surface area contributed by atoms with Gasteiger partial charge in [0.15, 0.2) is 11.5 Å². The maximum Gasteiger partial charge on any atom is 0.341 e. The molecule has 1 aliphatic carbocycles. The number of carbonyl (C=O) groups excluding carboxylic acids is 2. The molecule has 148 valence electrons. The Hall–Kier alpha value is -2.54. The molecular formula is C21H23NO5S. The normalized spacial score (nSPS) is 17.1. The van der Waals surface area contributed by atoms with Crippen molar-refractivity contribution in [2.75, 3.05) is 18.7 Å². The van der Waals surface area contributed by atoms with Gasteiger partial charge < -0.3 is 19.5 Å². The first-order valence-corrected chi connectivity index (χ1v) is 10.4. The summed E-state index contributed by atoms with van der Waals surface area (Å²) < 4.78 is 15.9. The molecule has 2 aliphatic rings. The van der Waals surface area contributed by atoms with E-state index in [4.69, 9.17) is 14.2 Å². The zero-order valence-corrected chi connectivity index (χ0v) is 16.8. The van der Waals surface area contributed by atoms with Crippen LogP contribution in [0.15, 0.2) is 18.2 Å². The summed E-state index contributed by atoms with van der Waals surface area (Å²) in [6.45, 7) is 4.44. The average molecular weight is 401 g/mol. The molecule has 0 saturated heterocycles. The Labute approximate surface area is 167 Å². The number of rotatable bonds is 5. The van der Waals surface area contributed by atoms with E-state index in [1.807, 2.05) is 0 Å². The van der Waals surface area contributed by atoms with E-state index in [1.165, 1.54) is 16.2 Å². The second-order valence-corrected chi connectivity index (χ2v) is 8.07. The zero-order valence-electron chi connectivity index (χ0n) is 16.0. The van der Waals surface area contributed by atoms with Crippen LogP contribution in [0.5, 0.6) is 11.5 Å². The van der Waals surface area contributed by atoms with Gasteiger partial charge in [0.25, 0.3) is 5.91 Å². The summed E-state index contributed by atoms with van der Waals surface area (Å²) in [5.74, 6) is 1.15. The lowest BCUT2D eigenvalue weighted by Crippen LogP contribution is -2.17. The van der Waals surface area contributed by atoms with Crippen LogP contribution in [0.25, 0.3) is 0 Å². The molecule has 7 heteroatoms. The maximum atomic E-state index is 12.8. The molecule has 1 aliphatic heterocycles. The number of amides is 1. The standard InChI is InChI=1S/C21H23NO5S/c1-3-12-5-7-14-17(9-12)28-20(18(14)21(24)25-4-2)22-19(23)13-6-8-15-16(10-13)27-11-26-15/h6,8,10,12H,3-5,7,9,11H2,1-2H3,(H,22,23)/t12-/m1/s1.